The van der Waals surface area contributed by atoms with Crippen molar-refractivity contribution in [3.05, 3.63) is 65.9 Å². The first-order valence-electron chi connectivity index (χ1n) is 12.8. The summed E-state index contributed by atoms with van der Waals surface area (Å²) in [4.78, 5) is 29.7. The van der Waals surface area contributed by atoms with Gasteiger partial charge in [0.15, 0.2) is 0 Å². The largest absolute Gasteiger partial charge is 0.497 e. The van der Waals surface area contributed by atoms with Gasteiger partial charge in [-0.25, -0.2) is 0 Å². The van der Waals surface area contributed by atoms with Gasteiger partial charge in [-0.15, -0.1) is 0 Å². The van der Waals surface area contributed by atoms with Crippen molar-refractivity contribution in [2.24, 2.45) is 0 Å². The first-order valence-corrected chi connectivity index (χ1v) is 12.8. The minimum atomic E-state index is -1.01. The molecule has 2 amide bonds. The standard InChI is InChI=1S/C29H35N3O3/c1-29(28(34)30-23-11-6-4-3-5-7-12-23)20-31-25-13-9-8-10-22(25)18-26(31)27(33)32(29)19-21-14-16-24(35-2)17-15-21/h8-10,13-18,23H,3-7,11-12,19-20H2,1-2H3,(H,30,34)/t29-/m0/s1. The molecule has 0 spiro atoms. The van der Waals surface area contributed by atoms with Gasteiger partial charge < -0.3 is 19.5 Å². The van der Waals surface area contributed by atoms with Crippen molar-refractivity contribution in [3.63, 3.8) is 0 Å². The summed E-state index contributed by atoms with van der Waals surface area (Å²) in [6, 6.07) is 17.8. The number of carbonyl (C=O) groups excluding carboxylic acids is 2. The Balaban J connectivity index is 1.50. The quantitative estimate of drug-likeness (QED) is 0.547. The lowest BCUT2D eigenvalue weighted by molar-refractivity contribution is -0.134. The van der Waals surface area contributed by atoms with E-state index in [0.29, 0.717) is 18.8 Å². The highest BCUT2D eigenvalue weighted by Gasteiger charge is 2.48. The Morgan fingerprint density at radius 2 is 1.71 bits per heavy atom. The Kier molecular flexibility index (Phi) is 6.54. The molecule has 1 atom stereocenters. The molecule has 0 bridgehead atoms. The van der Waals surface area contributed by atoms with Gasteiger partial charge in [0, 0.05) is 23.5 Å². The summed E-state index contributed by atoms with van der Waals surface area (Å²) in [5.41, 5.74) is 1.59. The van der Waals surface area contributed by atoms with E-state index in [0.717, 1.165) is 47.9 Å². The van der Waals surface area contributed by atoms with Gasteiger partial charge in [-0.2, -0.15) is 0 Å². The van der Waals surface area contributed by atoms with Crippen LogP contribution in [0.1, 0.15) is 67.9 Å². The van der Waals surface area contributed by atoms with Crippen molar-refractivity contribution in [2.75, 3.05) is 7.11 Å². The topological polar surface area (TPSA) is 63.6 Å². The number of benzene rings is 2. The van der Waals surface area contributed by atoms with E-state index < -0.39 is 5.54 Å². The fourth-order valence-corrected chi connectivity index (χ4v) is 5.61. The first kappa shape index (κ1) is 23.5. The molecule has 6 nitrogen and oxygen atoms in total. The Labute approximate surface area is 207 Å². The van der Waals surface area contributed by atoms with E-state index in [-0.39, 0.29) is 17.9 Å². The van der Waals surface area contributed by atoms with Gasteiger partial charge in [0.25, 0.3) is 5.91 Å². The van der Waals surface area contributed by atoms with Gasteiger partial charge in [0.2, 0.25) is 5.91 Å². The van der Waals surface area contributed by atoms with Crippen LogP contribution in [0.4, 0.5) is 0 Å². The highest BCUT2D eigenvalue weighted by molar-refractivity contribution is 6.03. The number of methoxy groups -OCH3 is 1. The lowest BCUT2D eigenvalue weighted by atomic mass is 9.91. The minimum absolute atomic E-state index is 0.0617. The number of amides is 2. The molecule has 0 unspecified atom stereocenters. The molecule has 0 saturated heterocycles. The molecule has 0 radical (unpaired) electrons. The average Bonchev–Trinajstić information content (AvgIpc) is 3.22. The van der Waals surface area contributed by atoms with Crippen molar-refractivity contribution < 1.29 is 14.3 Å². The van der Waals surface area contributed by atoms with Crippen LogP contribution in [-0.2, 0) is 17.9 Å². The molecule has 1 fully saturated rings. The predicted molar refractivity (Wildman–Crippen MR) is 137 cm³/mol. The van der Waals surface area contributed by atoms with Crippen LogP contribution in [0.25, 0.3) is 10.9 Å². The number of nitrogens with one attached hydrogen (secondary N) is 1. The van der Waals surface area contributed by atoms with E-state index in [1.54, 1.807) is 12.0 Å². The maximum atomic E-state index is 14.0. The molecule has 35 heavy (non-hydrogen) atoms. The summed E-state index contributed by atoms with van der Waals surface area (Å²) in [6.45, 7) is 2.71. The van der Waals surface area contributed by atoms with Crippen LogP contribution in [0.3, 0.4) is 0 Å². The third-order valence-corrected chi connectivity index (χ3v) is 7.77. The van der Waals surface area contributed by atoms with Gasteiger partial charge in [-0.05, 0) is 49.6 Å². The SMILES string of the molecule is COc1ccc(CN2C(=O)c3cc4ccccc4n3C[C@@]2(C)C(=O)NC2CCCCCCC2)cc1. The number of carbonyl (C=O) groups is 2. The van der Waals surface area contributed by atoms with E-state index in [1.807, 2.05) is 66.1 Å². The molecule has 6 heteroatoms. The Morgan fingerprint density at radius 3 is 2.43 bits per heavy atom. The molecule has 1 N–H and O–H groups in total. The second kappa shape index (κ2) is 9.76. The highest BCUT2D eigenvalue weighted by Crippen LogP contribution is 2.34. The molecule has 1 saturated carbocycles. The van der Waals surface area contributed by atoms with Gasteiger partial charge >= 0.3 is 0 Å². The molecule has 1 aliphatic carbocycles. The smallest absolute Gasteiger partial charge is 0.271 e. The molecule has 2 heterocycles. The van der Waals surface area contributed by atoms with Crippen molar-refractivity contribution in [2.45, 2.75) is 76.5 Å². The summed E-state index contributed by atoms with van der Waals surface area (Å²) in [7, 11) is 1.64. The molecule has 1 aromatic heterocycles. The fraction of sp³-hybridized carbons (Fsp3) is 0.448. The lowest BCUT2D eigenvalue weighted by Crippen LogP contribution is -2.64. The zero-order chi connectivity index (χ0) is 24.4. The summed E-state index contributed by atoms with van der Waals surface area (Å²) in [5, 5.41) is 4.37. The van der Waals surface area contributed by atoms with Crippen LogP contribution < -0.4 is 10.1 Å². The highest BCUT2D eigenvalue weighted by atomic mass is 16.5. The average molecular weight is 474 g/mol. The number of ether oxygens (including phenoxy) is 1. The van der Waals surface area contributed by atoms with Crippen molar-refractivity contribution in [1.29, 1.82) is 0 Å². The predicted octanol–water partition coefficient (Wildman–Crippen LogP) is 5.29. The second-order valence-electron chi connectivity index (χ2n) is 10.2. The number of nitrogens with zero attached hydrogens (tertiary/aromatic N) is 2. The zero-order valence-electron chi connectivity index (χ0n) is 20.8. The van der Waals surface area contributed by atoms with Crippen molar-refractivity contribution in [1.82, 2.24) is 14.8 Å². The van der Waals surface area contributed by atoms with Crippen LogP contribution in [-0.4, -0.2) is 40.0 Å². The molecule has 184 valence electrons. The monoisotopic (exact) mass is 473 g/mol. The number of fused-ring (bicyclic) bond motifs is 3. The molecule has 2 aromatic carbocycles. The van der Waals surface area contributed by atoms with Gasteiger partial charge in [0.1, 0.15) is 17.0 Å². The van der Waals surface area contributed by atoms with Gasteiger partial charge in [-0.3, -0.25) is 9.59 Å². The Morgan fingerprint density at radius 1 is 1.03 bits per heavy atom. The number of hydrogen-bond acceptors (Lipinski definition) is 3. The van der Waals surface area contributed by atoms with Crippen LogP contribution >= 0.6 is 0 Å². The first-order chi connectivity index (χ1) is 17.0. The van der Waals surface area contributed by atoms with E-state index in [4.69, 9.17) is 4.74 Å². The second-order valence-corrected chi connectivity index (χ2v) is 10.2. The number of rotatable bonds is 5. The number of hydrogen-bond donors (Lipinski definition) is 1. The minimum Gasteiger partial charge on any atom is -0.497 e. The molecule has 2 aliphatic rings. The Bertz CT molecular complexity index is 1210. The third kappa shape index (κ3) is 4.54. The molecular formula is C29H35N3O3. The number of aromatic nitrogens is 1. The van der Waals surface area contributed by atoms with E-state index in [1.165, 1.54) is 19.3 Å². The Hall–Kier alpha value is -3.28. The van der Waals surface area contributed by atoms with E-state index >= 15 is 0 Å². The van der Waals surface area contributed by atoms with Crippen molar-refractivity contribution >= 4 is 22.7 Å². The zero-order valence-corrected chi connectivity index (χ0v) is 20.8. The van der Waals surface area contributed by atoms with Crippen LogP contribution in [0, 0.1) is 0 Å². The molecule has 1 aliphatic heterocycles. The number of para-hydroxylation sites is 1. The summed E-state index contributed by atoms with van der Waals surface area (Å²) < 4.78 is 7.32. The van der Waals surface area contributed by atoms with Crippen molar-refractivity contribution in [3.8, 4) is 5.75 Å². The van der Waals surface area contributed by atoms with E-state index in [9.17, 15) is 9.59 Å². The van der Waals surface area contributed by atoms with Crippen LogP contribution in [0.15, 0.2) is 54.6 Å². The van der Waals surface area contributed by atoms with E-state index in [2.05, 4.69) is 5.32 Å². The summed E-state index contributed by atoms with van der Waals surface area (Å²) >= 11 is 0. The summed E-state index contributed by atoms with van der Waals surface area (Å²) in [5.74, 6) is 0.593. The maximum absolute atomic E-state index is 14.0. The third-order valence-electron chi connectivity index (χ3n) is 7.77. The van der Waals surface area contributed by atoms with Gasteiger partial charge in [-0.1, -0.05) is 62.4 Å². The van der Waals surface area contributed by atoms with Crippen LogP contribution in [0.2, 0.25) is 0 Å². The molecule has 5 rings (SSSR count). The fourth-order valence-electron chi connectivity index (χ4n) is 5.61. The summed E-state index contributed by atoms with van der Waals surface area (Å²) in [6.07, 6.45) is 8.03. The molecule has 3 aromatic rings. The van der Waals surface area contributed by atoms with Gasteiger partial charge in [0.05, 0.1) is 13.7 Å². The maximum Gasteiger partial charge on any atom is 0.271 e. The lowest BCUT2D eigenvalue weighted by Gasteiger charge is -2.44. The normalized spacial score (nSPS) is 21.3. The van der Waals surface area contributed by atoms with Crippen LogP contribution in [0.5, 0.6) is 5.75 Å². The molecular weight excluding hydrogens is 438 g/mol.